The summed E-state index contributed by atoms with van der Waals surface area (Å²) in [6.45, 7) is 2.01. The Kier molecular flexibility index (Phi) is 5.76. The van der Waals surface area contributed by atoms with E-state index in [0.717, 1.165) is 14.2 Å². The van der Waals surface area contributed by atoms with Gasteiger partial charge in [0.1, 0.15) is 0 Å². The normalized spacial score (nSPS) is 12.2. The molecule has 0 aliphatic rings. The SMILES string of the molecule is CSc1nnc(SCC(=O)N[C@H](C)c2cccc3ccccc23)s1. The van der Waals surface area contributed by atoms with Crippen LogP contribution in [0.15, 0.2) is 51.1 Å². The van der Waals surface area contributed by atoms with E-state index in [2.05, 4.69) is 39.8 Å². The average Bonchev–Trinajstić information content (AvgIpc) is 3.07. The van der Waals surface area contributed by atoms with Gasteiger partial charge in [-0.2, -0.15) is 0 Å². The summed E-state index contributed by atoms with van der Waals surface area (Å²) in [5.74, 6) is 0.347. The lowest BCUT2D eigenvalue weighted by Crippen LogP contribution is -2.28. The van der Waals surface area contributed by atoms with Gasteiger partial charge in [-0.15, -0.1) is 10.2 Å². The Bertz CT molecular complexity index is 844. The second kappa shape index (κ2) is 8.00. The van der Waals surface area contributed by atoms with Gasteiger partial charge in [-0.1, -0.05) is 77.3 Å². The van der Waals surface area contributed by atoms with E-state index in [4.69, 9.17) is 0 Å². The number of rotatable bonds is 6. The summed E-state index contributed by atoms with van der Waals surface area (Å²) in [6.07, 6.45) is 1.97. The first-order chi connectivity index (χ1) is 11.7. The van der Waals surface area contributed by atoms with E-state index in [0.29, 0.717) is 5.75 Å². The Labute approximate surface area is 153 Å². The highest BCUT2D eigenvalue weighted by atomic mass is 32.2. The molecule has 0 spiro atoms. The van der Waals surface area contributed by atoms with Crippen molar-refractivity contribution in [2.45, 2.75) is 21.6 Å². The summed E-state index contributed by atoms with van der Waals surface area (Å²) in [5, 5.41) is 13.5. The number of thioether (sulfide) groups is 2. The highest BCUT2D eigenvalue weighted by molar-refractivity contribution is 8.03. The summed E-state index contributed by atoms with van der Waals surface area (Å²) >= 11 is 4.50. The predicted octanol–water partition coefficient (Wildman–Crippen LogP) is 4.38. The van der Waals surface area contributed by atoms with Crippen LogP contribution in [0.1, 0.15) is 18.5 Å². The number of fused-ring (bicyclic) bond motifs is 1. The van der Waals surface area contributed by atoms with Gasteiger partial charge in [0.15, 0.2) is 8.68 Å². The van der Waals surface area contributed by atoms with Crippen molar-refractivity contribution in [3.8, 4) is 0 Å². The molecule has 0 saturated heterocycles. The summed E-state index contributed by atoms with van der Waals surface area (Å²) in [5.41, 5.74) is 1.13. The van der Waals surface area contributed by atoms with Gasteiger partial charge in [0.25, 0.3) is 0 Å². The fourth-order valence-electron chi connectivity index (χ4n) is 2.45. The second-order valence-corrected chi connectivity index (χ2v) is 8.44. The molecule has 0 radical (unpaired) electrons. The molecule has 1 heterocycles. The van der Waals surface area contributed by atoms with Crippen LogP contribution in [0.4, 0.5) is 0 Å². The van der Waals surface area contributed by atoms with Gasteiger partial charge in [-0.25, -0.2) is 0 Å². The molecule has 0 unspecified atom stereocenters. The number of nitrogens with zero attached hydrogens (tertiary/aromatic N) is 2. The van der Waals surface area contributed by atoms with E-state index in [1.165, 1.54) is 33.9 Å². The molecule has 0 bridgehead atoms. The highest BCUT2D eigenvalue weighted by Gasteiger charge is 2.13. The zero-order valence-corrected chi connectivity index (χ0v) is 15.8. The zero-order valence-electron chi connectivity index (χ0n) is 13.4. The van der Waals surface area contributed by atoms with Gasteiger partial charge in [0.05, 0.1) is 11.8 Å². The highest BCUT2D eigenvalue weighted by Crippen LogP contribution is 2.28. The predicted molar refractivity (Wildman–Crippen MR) is 103 cm³/mol. The summed E-state index contributed by atoms with van der Waals surface area (Å²) in [4.78, 5) is 12.2. The van der Waals surface area contributed by atoms with Crippen LogP contribution >= 0.6 is 34.9 Å². The van der Waals surface area contributed by atoms with E-state index in [9.17, 15) is 4.79 Å². The van der Waals surface area contributed by atoms with Crippen molar-refractivity contribution in [1.29, 1.82) is 0 Å². The number of aromatic nitrogens is 2. The zero-order chi connectivity index (χ0) is 16.9. The molecule has 0 saturated carbocycles. The quantitative estimate of drug-likeness (QED) is 0.648. The van der Waals surface area contributed by atoms with Crippen LogP contribution in [0.5, 0.6) is 0 Å². The Morgan fingerprint density at radius 3 is 2.71 bits per heavy atom. The van der Waals surface area contributed by atoms with Crippen molar-refractivity contribution in [2.75, 3.05) is 12.0 Å². The number of hydrogen-bond acceptors (Lipinski definition) is 6. The molecule has 3 rings (SSSR count). The van der Waals surface area contributed by atoms with Crippen molar-refractivity contribution >= 4 is 51.5 Å². The molecule has 2 aromatic carbocycles. The van der Waals surface area contributed by atoms with Crippen molar-refractivity contribution in [3.63, 3.8) is 0 Å². The molecular weight excluding hydrogens is 358 g/mol. The number of hydrogen-bond donors (Lipinski definition) is 1. The summed E-state index contributed by atoms with van der Waals surface area (Å²) < 4.78 is 1.74. The largest absolute Gasteiger partial charge is 0.349 e. The van der Waals surface area contributed by atoms with Crippen LogP contribution < -0.4 is 5.32 Å². The molecule has 0 aliphatic carbocycles. The number of amides is 1. The lowest BCUT2D eigenvalue weighted by atomic mass is 10.00. The minimum Gasteiger partial charge on any atom is -0.349 e. The minimum atomic E-state index is -0.0413. The third kappa shape index (κ3) is 4.09. The van der Waals surface area contributed by atoms with E-state index < -0.39 is 0 Å². The standard InChI is InChI=1S/C17H17N3OS3/c1-11(13-9-5-7-12-6-3-4-8-14(12)13)18-15(21)10-23-17-20-19-16(22-2)24-17/h3-9,11H,10H2,1-2H3,(H,18,21)/t11-/m1/s1. The fourth-order valence-corrected chi connectivity index (χ4v) is 4.70. The first kappa shape index (κ1) is 17.3. The topological polar surface area (TPSA) is 54.9 Å². The van der Waals surface area contributed by atoms with Crippen molar-refractivity contribution in [2.24, 2.45) is 0 Å². The molecule has 1 amide bonds. The lowest BCUT2D eigenvalue weighted by molar-refractivity contribution is -0.119. The van der Waals surface area contributed by atoms with Crippen molar-refractivity contribution < 1.29 is 4.79 Å². The van der Waals surface area contributed by atoms with Crippen LogP contribution in [0.3, 0.4) is 0 Å². The number of carbonyl (C=O) groups is 1. The van der Waals surface area contributed by atoms with Gasteiger partial charge in [-0.05, 0) is 29.5 Å². The third-order valence-electron chi connectivity index (χ3n) is 3.56. The van der Waals surface area contributed by atoms with Crippen molar-refractivity contribution in [1.82, 2.24) is 15.5 Å². The number of nitrogens with one attached hydrogen (secondary N) is 1. The molecule has 7 heteroatoms. The molecule has 124 valence electrons. The Balaban J connectivity index is 1.63. The molecular formula is C17H17N3OS3. The maximum absolute atomic E-state index is 12.2. The van der Waals surface area contributed by atoms with Crippen LogP contribution in [-0.4, -0.2) is 28.1 Å². The monoisotopic (exact) mass is 375 g/mol. The van der Waals surface area contributed by atoms with Crippen LogP contribution in [-0.2, 0) is 4.79 Å². The van der Waals surface area contributed by atoms with E-state index in [1.807, 2.05) is 31.4 Å². The molecule has 4 nitrogen and oxygen atoms in total. The minimum absolute atomic E-state index is 0.00124. The average molecular weight is 376 g/mol. The maximum Gasteiger partial charge on any atom is 0.230 e. The Morgan fingerprint density at radius 1 is 1.17 bits per heavy atom. The molecule has 1 atom stereocenters. The Morgan fingerprint density at radius 2 is 1.92 bits per heavy atom. The molecule has 0 aliphatic heterocycles. The summed E-state index contributed by atoms with van der Waals surface area (Å²) in [6, 6.07) is 14.4. The fraction of sp³-hybridized carbons (Fsp3) is 0.235. The van der Waals surface area contributed by atoms with Gasteiger partial charge < -0.3 is 5.32 Å². The van der Waals surface area contributed by atoms with Crippen LogP contribution in [0.25, 0.3) is 10.8 Å². The first-order valence-electron chi connectivity index (χ1n) is 7.44. The van der Waals surface area contributed by atoms with E-state index in [-0.39, 0.29) is 11.9 Å². The van der Waals surface area contributed by atoms with Gasteiger partial charge >= 0.3 is 0 Å². The number of carbonyl (C=O) groups excluding carboxylic acids is 1. The van der Waals surface area contributed by atoms with Gasteiger partial charge in [0, 0.05) is 0 Å². The van der Waals surface area contributed by atoms with Crippen LogP contribution in [0.2, 0.25) is 0 Å². The molecule has 3 aromatic rings. The molecule has 24 heavy (non-hydrogen) atoms. The number of benzene rings is 2. The van der Waals surface area contributed by atoms with E-state index in [1.54, 1.807) is 11.8 Å². The Hall–Kier alpha value is -1.57. The molecule has 0 fully saturated rings. The maximum atomic E-state index is 12.2. The smallest absolute Gasteiger partial charge is 0.230 e. The molecule has 1 N–H and O–H groups in total. The lowest BCUT2D eigenvalue weighted by Gasteiger charge is -2.16. The first-order valence-corrected chi connectivity index (χ1v) is 10.5. The molecule has 1 aromatic heterocycles. The van der Waals surface area contributed by atoms with Gasteiger partial charge in [-0.3, -0.25) is 4.79 Å². The third-order valence-corrected chi connectivity index (χ3v) is 6.59. The second-order valence-electron chi connectivity index (χ2n) is 5.18. The van der Waals surface area contributed by atoms with E-state index >= 15 is 0 Å². The summed E-state index contributed by atoms with van der Waals surface area (Å²) in [7, 11) is 0. The van der Waals surface area contributed by atoms with Crippen molar-refractivity contribution in [3.05, 3.63) is 48.0 Å². The van der Waals surface area contributed by atoms with Gasteiger partial charge in [0.2, 0.25) is 5.91 Å². The van der Waals surface area contributed by atoms with Crippen LogP contribution in [0, 0.1) is 0 Å².